The lowest BCUT2D eigenvalue weighted by Gasteiger charge is -2.31. The van der Waals surface area contributed by atoms with Crippen LogP contribution in [-0.4, -0.2) is 46.1 Å². The summed E-state index contributed by atoms with van der Waals surface area (Å²) in [5.41, 5.74) is 0.520. The molecule has 7 heteroatoms. The zero-order valence-electron chi connectivity index (χ0n) is 17.5. The lowest BCUT2D eigenvalue weighted by atomic mass is 9.96. The SMILES string of the molecule is CCCCCCNC(=O)C1CCCN(C(=O)c2ccc(=O)n(-c3ccccc3)n2)C1. The first-order valence-corrected chi connectivity index (χ1v) is 10.8. The van der Waals surface area contributed by atoms with Crippen LogP contribution in [0.3, 0.4) is 0 Å². The van der Waals surface area contributed by atoms with Gasteiger partial charge in [0.25, 0.3) is 11.5 Å². The molecule has 2 amide bonds. The molecule has 1 fully saturated rings. The van der Waals surface area contributed by atoms with Gasteiger partial charge < -0.3 is 10.2 Å². The number of para-hydroxylation sites is 1. The number of nitrogens with zero attached hydrogens (tertiary/aromatic N) is 3. The third kappa shape index (κ3) is 5.55. The average molecular weight is 411 g/mol. The van der Waals surface area contributed by atoms with Crippen LogP contribution in [0.2, 0.25) is 0 Å². The molecule has 0 radical (unpaired) electrons. The van der Waals surface area contributed by atoms with Gasteiger partial charge in [0.05, 0.1) is 11.6 Å². The summed E-state index contributed by atoms with van der Waals surface area (Å²) in [7, 11) is 0. The molecule has 1 saturated heterocycles. The van der Waals surface area contributed by atoms with E-state index in [0.717, 1.165) is 25.7 Å². The summed E-state index contributed by atoms with van der Waals surface area (Å²) >= 11 is 0. The van der Waals surface area contributed by atoms with Crippen LogP contribution in [0.5, 0.6) is 0 Å². The summed E-state index contributed by atoms with van der Waals surface area (Å²) in [6, 6.07) is 11.8. The van der Waals surface area contributed by atoms with E-state index in [0.29, 0.717) is 25.3 Å². The Labute approximate surface area is 177 Å². The fraction of sp³-hybridized carbons (Fsp3) is 0.478. The van der Waals surface area contributed by atoms with Crippen molar-refractivity contribution in [3.05, 3.63) is 58.5 Å². The van der Waals surface area contributed by atoms with Crippen molar-refractivity contribution in [3.8, 4) is 5.69 Å². The smallest absolute Gasteiger partial charge is 0.274 e. The Morgan fingerprint density at radius 3 is 2.67 bits per heavy atom. The molecule has 2 aromatic rings. The maximum absolute atomic E-state index is 13.0. The number of aromatic nitrogens is 2. The minimum atomic E-state index is -0.295. The number of benzene rings is 1. The number of piperidine rings is 1. The number of nitrogens with one attached hydrogen (secondary N) is 1. The third-order valence-electron chi connectivity index (χ3n) is 5.43. The van der Waals surface area contributed by atoms with Gasteiger partial charge in [-0.05, 0) is 37.5 Å². The number of hydrogen-bond acceptors (Lipinski definition) is 4. The van der Waals surface area contributed by atoms with Crippen LogP contribution < -0.4 is 10.9 Å². The van der Waals surface area contributed by atoms with Crippen LogP contribution in [0.1, 0.15) is 55.9 Å². The van der Waals surface area contributed by atoms with Crippen molar-refractivity contribution < 1.29 is 9.59 Å². The van der Waals surface area contributed by atoms with Gasteiger partial charge in [-0.1, -0.05) is 44.4 Å². The van der Waals surface area contributed by atoms with Gasteiger partial charge in [-0.15, -0.1) is 0 Å². The van der Waals surface area contributed by atoms with E-state index in [1.807, 2.05) is 18.2 Å². The van der Waals surface area contributed by atoms with Crippen molar-refractivity contribution in [2.24, 2.45) is 5.92 Å². The van der Waals surface area contributed by atoms with Crippen molar-refractivity contribution >= 4 is 11.8 Å². The first-order chi connectivity index (χ1) is 14.6. The molecule has 1 aliphatic rings. The zero-order valence-corrected chi connectivity index (χ0v) is 17.5. The Kier molecular flexibility index (Phi) is 7.76. The van der Waals surface area contributed by atoms with Crippen LogP contribution in [-0.2, 0) is 4.79 Å². The molecule has 1 aromatic carbocycles. The molecule has 1 aliphatic heterocycles. The van der Waals surface area contributed by atoms with Gasteiger partial charge in [-0.25, -0.2) is 0 Å². The van der Waals surface area contributed by atoms with Gasteiger partial charge in [0, 0.05) is 25.7 Å². The molecule has 0 bridgehead atoms. The van der Waals surface area contributed by atoms with E-state index in [2.05, 4.69) is 17.3 Å². The summed E-state index contributed by atoms with van der Waals surface area (Å²) in [6.07, 6.45) is 6.01. The highest BCUT2D eigenvalue weighted by Crippen LogP contribution is 2.18. The van der Waals surface area contributed by atoms with E-state index < -0.39 is 0 Å². The number of unbranched alkanes of at least 4 members (excludes halogenated alkanes) is 3. The second kappa shape index (κ2) is 10.7. The molecule has 1 atom stereocenters. The summed E-state index contributed by atoms with van der Waals surface area (Å²) in [5, 5.41) is 7.29. The minimum absolute atomic E-state index is 0.0196. The third-order valence-corrected chi connectivity index (χ3v) is 5.43. The van der Waals surface area contributed by atoms with Crippen LogP contribution in [0.15, 0.2) is 47.3 Å². The van der Waals surface area contributed by atoms with Crippen LogP contribution in [0.4, 0.5) is 0 Å². The normalized spacial score (nSPS) is 16.3. The van der Waals surface area contributed by atoms with Gasteiger partial charge >= 0.3 is 0 Å². The molecule has 3 rings (SSSR count). The summed E-state index contributed by atoms with van der Waals surface area (Å²) < 4.78 is 1.23. The molecule has 1 unspecified atom stereocenters. The Morgan fingerprint density at radius 1 is 1.10 bits per heavy atom. The fourth-order valence-corrected chi connectivity index (χ4v) is 3.72. The number of carbonyl (C=O) groups is 2. The fourth-order valence-electron chi connectivity index (χ4n) is 3.72. The van der Waals surface area contributed by atoms with Crippen molar-refractivity contribution in [1.29, 1.82) is 0 Å². The van der Waals surface area contributed by atoms with Crippen molar-refractivity contribution in [3.63, 3.8) is 0 Å². The Balaban J connectivity index is 1.64. The van der Waals surface area contributed by atoms with Crippen molar-refractivity contribution in [2.45, 2.75) is 45.4 Å². The highest BCUT2D eigenvalue weighted by atomic mass is 16.2. The lowest BCUT2D eigenvalue weighted by Crippen LogP contribution is -2.46. The van der Waals surface area contributed by atoms with Crippen LogP contribution >= 0.6 is 0 Å². The topological polar surface area (TPSA) is 84.3 Å². The molecule has 7 nitrogen and oxygen atoms in total. The van der Waals surface area contributed by atoms with Gasteiger partial charge in [0.2, 0.25) is 5.91 Å². The van der Waals surface area contributed by atoms with Gasteiger partial charge in [0.15, 0.2) is 0 Å². The number of likely N-dealkylation sites (tertiary alicyclic amines) is 1. The Morgan fingerprint density at radius 2 is 1.90 bits per heavy atom. The second-order valence-corrected chi connectivity index (χ2v) is 7.75. The number of hydrogen-bond donors (Lipinski definition) is 1. The van der Waals surface area contributed by atoms with E-state index in [4.69, 9.17) is 0 Å². The molecule has 0 saturated carbocycles. The van der Waals surface area contributed by atoms with E-state index in [1.165, 1.54) is 29.7 Å². The van der Waals surface area contributed by atoms with E-state index in [9.17, 15) is 14.4 Å². The Bertz CT molecular complexity index is 910. The molecular weight excluding hydrogens is 380 g/mol. The number of carbonyl (C=O) groups excluding carboxylic acids is 2. The summed E-state index contributed by atoms with van der Waals surface area (Å²) in [4.78, 5) is 39.4. The average Bonchev–Trinajstić information content (AvgIpc) is 2.79. The number of rotatable bonds is 8. The Hall–Kier alpha value is -2.96. The van der Waals surface area contributed by atoms with Crippen molar-refractivity contribution in [1.82, 2.24) is 20.0 Å². The predicted octanol–water partition coefficient (Wildman–Crippen LogP) is 2.78. The van der Waals surface area contributed by atoms with Crippen molar-refractivity contribution in [2.75, 3.05) is 19.6 Å². The van der Waals surface area contributed by atoms with Crippen LogP contribution in [0.25, 0.3) is 5.69 Å². The first kappa shape index (κ1) is 21.7. The quantitative estimate of drug-likeness (QED) is 0.678. The standard InChI is InChI=1S/C23H30N4O3/c1-2-3-4-8-15-24-22(29)18-10-9-16-26(17-18)23(30)20-13-14-21(28)27(25-20)19-11-6-5-7-12-19/h5-7,11-14,18H,2-4,8-10,15-17H2,1H3,(H,24,29). The predicted molar refractivity (Wildman–Crippen MR) is 116 cm³/mol. The second-order valence-electron chi connectivity index (χ2n) is 7.75. The number of amides is 2. The monoisotopic (exact) mass is 410 g/mol. The molecule has 30 heavy (non-hydrogen) atoms. The van der Waals surface area contributed by atoms with Gasteiger partial charge in [-0.3, -0.25) is 14.4 Å². The van der Waals surface area contributed by atoms with E-state index >= 15 is 0 Å². The van der Waals surface area contributed by atoms with Gasteiger partial charge in [0.1, 0.15) is 5.69 Å². The lowest BCUT2D eigenvalue weighted by molar-refractivity contribution is -0.126. The van der Waals surface area contributed by atoms with E-state index in [1.54, 1.807) is 17.0 Å². The molecule has 0 aliphatic carbocycles. The van der Waals surface area contributed by atoms with E-state index in [-0.39, 0.29) is 29.0 Å². The zero-order chi connectivity index (χ0) is 21.3. The molecule has 0 spiro atoms. The maximum atomic E-state index is 13.0. The highest BCUT2D eigenvalue weighted by Gasteiger charge is 2.29. The highest BCUT2D eigenvalue weighted by molar-refractivity contribution is 5.92. The molecule has 1 N–H and O–H groups in total. The molecule has 2 heterocycles. The molecule has 160 valence electrons. The molecule has 1 aromatic heterocycles. The van der Waals surface area contributed by atoms with Crippen LogP contribution in [0, 0.1) is 5.92 Å². The summed E-state index contributed by atoms with van der Waals surface area (Å²) in [5.74, 6) is -0.430. The van der Waals surface area contributed by atoms with Gasteiger partial charge in [-0.2, -0.15) is 9.78 Å². The summed E-state index contributed by atoms with van der Waals surface area (Å²) in [6.45, 7) is 3.82. The molecular formula is C23H30N4O3. The minimum Gasteiger partial charge on any atom is -0.356 e. The largest absolute Gasteiger partial charge is 0.356 e. The maximum Gasteiger partial charge on any atom is 0.274 e. The first-order valence-electron chi connectivity index (χ1n) is 10.8.